The van der Waals surface area contributed by atoms with E-state index in [1.165, 1.54) is 62.1 Å². The Kier molecular flexibility index (Phi) is 38.8. The molecule has 0 radical (unpaired) electrons. The number of phenols is 1. The highest BCUT2D eigenvalue weighted by atomic mass is 32.2. The number of nitrogens with two attached hydrogens (primary N) is 4. The minimum atomic E-state index is -1.85. The number of phenolic OH excluding ortho intramolecular Hbond substituents is 1. The molecular formula is C88H125N21O20S. The van der Waals surface area contributed by atoms with Crippen LogP contribution in [0.3, 0.4) is 0 Å². The number of nitrogens with zero attached hydrogens (tertiary/aromatic N) is 5. The number of para-hydroxylation sites is 2. The van der Waals surface area contributed by atoms with Crippen molar-refractivity contribution in [2.45, 2.75) is 235 Å². The first-order valence-electron chi connectivity index (χ1n) is 43.9. The van der Waals surface area contributed by atoms with Crippen molar-refractivity contribution in [2.24, 2.45) is 28.9 Å². The van der Waals surface area contributed by atoms with Gasteiger partial charge in [0.2, 0.25) is 106 Å². The molecule has 1 unspecified atom stereocenters. The minimum absolute atomic E-state index is 0.00383. The highest BCUT2D eigenvalue weighted by Gasteiger charge is 2.46. The monoisotopic (exact) mass is 1830 g/mol. The maximum absolute atomic E-state index is 15.7. The zero-order valence-corrected chi connectivity index (χ0v) is 75.4. The highest BCUT2D eigenvalue weighted by molar-refractivity contribution is 8.00. The predicted molar refractivity (Wildman–Crippen MR) is 479 cm³/mol. The van der Waals surface area contributed by atoms with Crippen LogP contribution < -0.4 is 76.1 Å². The van der Waals surface area contributed by atoms with E-state index in [-0.39, 0.29) is 108 Å². The molecule has 0 spiro atoms. The number of unbranched alkanes of at least 4 members (excludes halogenated alkanes) is 2. The summed E-state index contributed by atoms with van der Waals surface area (Å²) >= 11 is 0.774. The van der Waals surface area contributed by atoms with Crippen molar-refractivity contribution in [3.8, 4) is 5.75 Å². The topological polar surface area (TPSA) is 620 Å². The van der Waals surface area contributed by atoms with E-state index in [0.29, 0.717) is 64.2 Å². The summed E-state index contributed by atoms with van der Waals surface area (Å²) in [5.41, 5.74) is 25.5. The number of primary amides is 3. The average Bonchev–Trinajstić information content (AvgIpc) is 1.77. The van der Waals surface area contributed by atoms with Crippen molar-refractivity contribution >= 4 is 140 Å². The second-order valence-corrected chi connectivity index (χ2v) is 34.6. The molecule has 3 saturated heterocycles. The number of H-pyrrole nitrogens is 2. The number of benzene rings is 3. The molecule has 0 saturated carbocycles. The number of rotatable bonds is 25. The molecule has 708 valence electrons. The van der Waals surface area contributed by atoms with Crippen molar-refractivity contribution in [1.82, 2.24) is 87.6 Å². The molecule has 3 aliphatic rings. The Morgan fingerprint density at radius 1 is 0.492 bits per heavy atom. The van der Waals surface area contributed by atoms with Gasteiger partial charge in [-0.25, -0.2) is 0 Å². The molecule has 130 heavy (non-hydrogen) atoms. The average molecular weight is 1830 g/mol. The second kappa shape index (κ2) is 49.2. The molecule has 5 heterocycles. The van der Waals surface area contributed by atoms with E-state index in [1.807, 2.05) is 13.8 Å². The Labute approximate surface area is 757 Å². The summed E-state index contributed by atoms with van der Waals surface area (Å²) in [5.74, 6) is -18.5. The molecule has 22 N–H and O–H groups in total. The summed E-state index contributed by atoms with van der Waals surface area (Å²) in [4.78, 5) is 273. The van der Waals surface area contributed by atoms with Crippen LogP contribution in [0, 0.1) is 5.92 Å². The van der Waals surface area contributed by atoms with Gasteiger partial charge in [-0.3, -0.25) is 86.3 Å². The number of hydrogen-bond donors (Lipinski definition) is 18. The molecule has 2 aromatic heterocycles. The van der Waals surface area contributed by atoms with Gasteiger partial charge in [-0.2, -0.15) is 0 Å². The Bertz CT molecular complexity index is 4890. The van der Waals surface area contributed by atoms with Gasteiger partial charge in [0.15, 0.2) is 0 Å². The number of aromatic hydroxyl groups is 1. The van der Waals surface area contributed by atoms with E-state index in [2.05, 4.69) is 63.1 Å². The van der Waals surface area contributed by atoms with Gasteiger partial charge in [0.05, 0.1) is 31.7 Å². The molecule has 41 nitrogen and oxygen atoms in total. The number of likely N-dealkylation sites (N-methyl/N-ethyl adjacent to an activating group) is 3. The first kappa shape index (κ1) is 103. The van der Waals surface area contributed by atoms with E-state index in [4.69, 9.17) is 22.9 Å². The number of nitrogens with one attached hydrogen (secondary N) is 12. The zero-order chi connectivity index (χ0) is 95.3. The normalized spacial score (nSPS) is 24.7. The number of fused-ring (bicyclic) bond motifs is 4. The van der Waals surface area contributed by atoms with Gasteiger partial charge < -0.3 is 121 Å². The van der Waals surface area contributed by atoms with Crippen molar-refractivity contribution in [3.63, 3.8) is 0 Å². The Morgan fingerprint density at radius 2 is 0.962 bits per heavy atom. The number of aromatic amines is 2. The number of aliphatic hydroxyl groups excluding tert-OH is 1. The fraction of sp³-hybridized carbons (Fsp3) is 0.545. The van der Waals surface area contributed by atoms with Crippen molar-refractivity contribution in [3.05, 3.63) is 102 Å². The van der Waals surface area contributed by atoms with Crippen molar-refractivity contribution in [2.75, 3.05) is 65.4 Å². The van der Waals surface area contributed by atoms with Crippen LogP contribution in [0.4, 0.5) is 0 Å². The number of amides is 18. The molecule has 42 heteroatoms. The third-order valence-corrected chi connectivity index (χ3v) is 24.5. The number of carbonyl (C=O) groups excluding carboxylic acids is 18. The third-order valence-electron chi connectivity index (χ3n) is 23.4. The van der Waals surface area contributed by atoms with Gasteiger partial charge in [0.25, 0.3) is 0 Å². The van der Waals surface area contributed by atoms with Crippen LogP contribution in [-0.2, 0) is 106 Å². The summed E-state index contributed by atoms with van der Waals surface area (Å²) in [6, 6.07) is -1.89. The first-order valence-corrected chi connectivity index (χ1v) is 45.1. The summed E-state index contributed by atoms with van der Waals surface area (Å²) in [6.45, 7) is 6.46. The van der Waals surface area contributed by atoms with Crippen LogP contribution in [0.1, 0.15) is 148 Å². The standard InChI is InChI=1S/C88H125N21O20S/c1-9-11-25-67-81(122)97-58(24-17-33-89)77(118)104-66(76(117)95-44-73(92)114)46-130-47-74(115)96-62(37-50-29-31-53(111)32-30-50)84(125)105(6)49(5)75(116)100-64(41-72(91)113)87(128)109-35-19-28-69(109)83(124)99-60(40-71(90)112)79(120)101-61(36-48(3)4)86(127)108-34-18-27-68(108)82(123)98-59(38-51-42-93-56-22-15-13-20-54(51)56)78(119)103-65(45-110)80(121)102-63(39-52-43-94-57-23-16-14-21-55(52)57)85(126)107(8)70(26-12-10-2)88(129)106(67)7/h13-16,20-23,29-32,42-43,48-49,58-70,93-94,110-111H,9-12,17-19,24-28,33-41,44-47,89H2,1-8H3,(H2,90,112)(H2,91,113)(H2,92,114)(H,95,117)(H,96,115)(H,97,122)(H,98,123)(H,99,124)(H,100,116)(H,101,120)(H,102,121)(H,103,119)(H,104,118)/t49-,58-,59-,60-,61-,62-,63-,64-,65-,66?,67-,68-,69-,70-/m0/s1. The van der Waals surface area contributed by atoms with Crippen LogP contribution >= 0.6 is 11.8 Å². The van der Waals surface area contributed by atoms with Gasteiger partial charge in [0, 0.05) is 93.4 Å². The molecule has 3 aliphatic heterocycles. The largest absolute Gasteiger partial charge is 0.508 e. The summed E-state index contributed by atoms with van der Waals surface area (Å²) < 4.78 is 0. The summed E-state index contributed by atoms with van der Waals surface area (Å²) in [7, 11) is 3.93. The fourth-order valence-corrected chi connectivity index (χ4v) is 17.0. The summed E-state index contributed by atoms with van der Waals surface area (Å²) in [6.07, 6.45) is 2.79. The van der Waals surface area contributed by atoms with E-state index in [1.54, 1.807) is 74.8 Å². The number of aliphatic hydroxyl groups is 1. The fourth-order valence-electron chi connectivity index (χ4n) is 16.2. The lowest BCUT2D eigenvalue weighted by molar-refractivity contribution is -0.149. The molecule has 0 bridgehead atoms. The van der Waals surface area contributed by atoms with Crippen molar-refractivity contribution < 1.29 is 96.5 Å². The Balaban J connectivity index is 1.18. The van der Waals surface area contributed by atoms with Crippen LogP contribution in [0.2, 0.25) is 0 Å². The van der Waals surface area contributed by atoms with Gasteiger partial charge in [-0.05, 0) is 118 Å². The number of thioether (sulfide) groups is 1. The van der Waals surface area contributed by atoms with Crippen LogP contribution in [0.15, 0.2) is 85.2 Å². The predicted octanol–water partition coefficient (Wildman–Crippen LogP) is -2.51. The van der Waals surface area contributed by atoms with Gasteiger partial charge in [-0.15, -0.1) is 11.8 Å². The first-order chi connectivity index (χ1) is 61.9. The Hall–Kier alpha value is -12.7. The summed E-state index contributed by atoms with van der Waals surface area (Å²) in [5, 5.41) is 48.8. The molecule has 3 aromatic carbocycles. The van der Waals surface area contributed by atoms with Crippen molar-refractivity contribution in [1.29, 1.82) is 0 Å². The lowest BCUT2D eigenvalue weighted by Gasteiger charge is -2.36. The lowest BCUT2D eigenvalue weighted by atomic mass is 10.00. The van der Waals surface area contributed by atoms with E-state index in [9.17, 15) is 63.0 Å². The number of aromatic nitrogens is 2. The molecule has 14 atom stereocenters. The highest BCUT2D eigenvalue weighted by Crippen LogP contribution is 2.28. The van der Waals surface area contributed by atoms with E-state index >= 15 is 33.6 Å². The second-order valence-electron chi connectivity index (χ2n) is 33.6. The maximum atomic E-state index is 15.7. The van der Waals surface area contributed by atoms with E-state index in [0.717, 1.165) is 26.5 Å². The van der Waals surface area contributed by atoms with Gasteiger partial charge in [-0.1, -0.05) is 102 Å². The van der Waals surface area contributed by atoms with Gasteiger partial charge >= 0.3 is 0 Å². The zero-order valence-electron chi connectivity index (χ0n) is 74.6. The maximum Gasteiger partial charge on any atom is 0.246 e. The molecule has 5 aromatic rings. The third kappa shape index (κ3) is 28.4. The minimum Gasteiger partial charge on any atom is -0.508 e. The SMILES string of the molecule is CCCC[C@H]1C(=O)N(C)[C@@H](CCCC)C(=O)N[C@@H](CCCN)C(=O)NC(C(=O)NCC(N)=O)CSCC(=O)N[C@@H](Cc2ccc(O)cc2)C(=O)N(C)[C@@H](C)C(=O)N[C@@H](CC(N)=O)C(=O)N2CCC[C@H]2C(=O)N[C@@H](CC(N)=O)C(=O)N[C@@H](CC(C)C)C(=O)N2CCC[C@H]2C(=O)N[C@@H](Cc2c[nH]c3ccccc23)C(=O)N[C@@H](CO)C(=O)N[C@@H](Cc2c[nH]c3ccccc23)C(=O)N1C. The smallest absolute Gasteiger partial charge is 0.246 e. The lowest BCUT2D eigenvalue weighted by Crippen LogP contribution is -2.62. The Morgan fingerprint density at radius 3 is 1.52 bits per heavy atom. The molecular weight excluding hydrogens is 1700 g/mol. The molecule has 18 amide bonds. The number of hydrogen-bond acceptors (Lipinski definition) is 22. The van der Waals surface area contributed by atoms with Crippen LogP contribution in [0.25, 0.3) is 21.8 Å². The van der Waals surface area contributed by atoms with E-state index < -0.39 is 228 Å². The molecule has 8 rings (SSSR count). The van der Waals surface area contributed by atoms with Crippen LogP contribution in [-0.4, -0.2) is 301 Å². The molecule has 3 fully saturated rings. The number of carbonyl (C=O) groups is 18. The molecule has 0 aliphatic carbocycles. The van der Waals surface area contributed by atoms with Crippen LogP contribution in [0.5, 0.6) is 5.75 Å². The van der Waals surface area contributed by atoms with Gasteiger partial charge in [0.1, 0.15) is 90.3 Å². The quantitative estimate of drug-likeness (QED) is 0.0287.